The molecule has 2 aromatic rings. The molecule has 7 heteroatoms. The minimum absolute atomic E-state index is 0.595. The van der Waals surface area contributed by atoms with Crippen LogP contribution < -0.4 is 11.1 Å². The first-order valence-electron chi connectivity index (χ1n) is 7.88. The van der Waals surface area contributed by atoms with E-state index in [1.54, 1.807) is 30.9 Å². The smallest absolute Gasteiger partial charge is 0.222 e. The van der Waals surface area contributed by atoms with Crippen molar-refractivity contribution in [3.05, 3.63) is 42.0 Å². The Kier molecular flexibility index (Phi) is 5.56. The molecule has 0 unspecified atom stereocenters. The second-order valence-electron chi connectivity index (χ2n) is 5.43. The van der Waals surface area contributed by atoms with Crippen LogP contribution in [-0.4, -0.2) is 59.2 Å². The molecule has 0 aromatic carbocycles. The summed E-state index contributed by atoms with van der Waals surface area (Å²) in [4.78, 5) is 14.9. The lowest BCUT2D eigenvalue weighted by molar-refractivity contribution is 0.0398. The van der Waals surface area contributed by atoms with Crippen LogP contribution >= 0.6 is 0 Å². The maximum absolute atomic E-state index is 5.67. The summed E-state index contributed by atoms with van der Waals surface area (Å²) in [5, 5.41) is 3.22. The Morgan fingerprint density at radius 3 is 2.58 bits per heavy atom. The number of rotatable bonds is 4. The molecule has 0 saturated carbocycles. The Bertz CT molecular complexity index is 716. The summed E-state index contributed by atoms with van der Waals surface area (Å²) in [6.45, 7) is 5.35. The van der Waals surface area contributed by atoms with Crippen molar-refractivity contribution in [3.63, 3.8) is 0 Å². The van der Waals surface area contributed by atoms with E-state index in [1.807, 2.05) is 0 Å². The molecule has 3 heterocycles. The van der Waals surface area contributed by atoms with Crippen LogP contribution in [0.3, 0.4) is 0 Å². The Morgan fingerprint density at radius 2 is 1.83 bits per heavy atom. The average Bonchev–Trinajstić information content (AvgIpc) is 2.62. The van der Waals surface area contributed by atoms with Crippen molar-refractivity contribution in [2.45, 2.75) is 0 Å². The summed E-state index contributed by atoms with van der Waals surface area (Å²) in [6.07, 6.45) is 6.67. The molecule has 0 spiro atoms. The van der Waals surface area contributed by atoms with Gasteiger partial charge in [0.05, 0.1) is 24.5 Å². The fourth-order valence-electron chi connectivity index (χ4n) is 2.30. The van der Waals surface area contributed by atoms with Gasteiger partial charge in [0.15, 0.2) is 0 Å². The van der Waals surface area contributed by atoms with E-state index in [0.29, 0.717) is 11.6 Å². The van der Waals surface area contributed by atoms with E-state index in [2.05, 4.69) is 37.0 Å². The van der Waals surface area contributed by atoms with E-state index in [4.69, 9.17) is 10.5 Å². The third kappa shape index (κ3) is 4.91. The topological polar surface area (TPSA) is 89.2 Å². The van der Waals surface area contributed by atoms with Gasteiger partial charge in [0.1, 0.15) is 0 Å². The summed E-state index contributed by atoms with van der Waals surface area (Å²) in [5.74, 6) is 6.61. The largest absolute Gasteiger partial charge is 0.397 e. The van der Waals surface area contributed by atoms with Gasteiger partial charge in [-0.05, 0) is 6.07 Å². The van der Waals surface area contributed by atoms with E-state index in [0.717, 1.165) is 50.5 Å². The average molecular weight is 324 g/mol. The molecule has 24 heavy (non-hydrogen) atoms. The monoisotopic (exact) mass is 324 g/mol. The fraction of sp³-hybridized carbons (Fsp3) is 0.353. The van der Waals surface area contributed by atoms with Crippen molar-refractivity contribution < 1.29 is 4.74 Å². The Hall–Kier alpha value is -2.69. The molecule has 2 aromatic heterocycles. The lowest BCUT2D eigenvalue weighted by Crippen LogP contribution is -2.39. The van der Waals surface area contributed by atoms with Crippen molar-refractivity contribution >= 4 is 11.6 Å². The van der Waals surface area contributed by atoms with Gasteiger partial charge in [-0.25, -0.2) is 9.97 Å². The van der Waals surface area contributed by atoms with Gasteiger partial charge in [-0.1, -0.05) is 11.8 Å². The van der Waals surface area contributed by atoms with Crippen LogP contribution in [0.1, 0.15) is 11.1 Å². The van der Waals surface area contributed by atoms with Crippen LogP contribution in [0.5, 0.6) is 0 Å². The Labute approximate surface area is 141 Å². The van der Waals surface area contributed by atoms with Crippen LogP contribution in [0.4, 0.5) is 11.6 Å². The fourth-order valence-corrected chi connectivity index (χ4v) is 2.30. The van der Waals surface area contributed by atoms with E-state index in [1.165, 1.54) is 0 Å². The summed E-state index contributed by atoms with van der Waals surface area (Å²) in [6, 6.07) is 1.78. The van der Waals surface area contributed by atoms with Gasteiger partial charge in [0.2, 0.25) is 5.95 Å². The SMILES string of the molecule is Nc1cncc(C#Cc2cnc(NCCN3CCOCC3)nc2)c1. The lowest BCUT2D eigenvalue weighted by atomic mass is 10.2. The predicted octanol–water partition coefficient (Wildman–Crippen LogP) is 0.598. The number of morpholine rings is 1. The van der Waals surface area contributed by atoms with Crippen molar-refractivity contribution in [1.29, 1.82) is 0 Å². The second-order valence-corrected chi connectivity index (χ2v) is 5.43. The summed E-state index contributed by atoms with van der Waals surface area (Å²) in [7, 11) is 0. The highest BCUT2D eigenvalue weighted by Gasteiger charge is 2.09. The van der Waals surface area contributed by atoms with Crippen LogP contribution in [0, 0.1) is 11.8 Å². The summed E-state index contributed by atoms with van der Waals surface area (Å²) in [5.41, 5.74) is 7.78. The highest BCUT2D eigenvalue weighted by Crippen LogP contribution is 2.03. The van der Waals surface area contributed by atoms with E-state index >= 15 is 0 Å². The molecule has 1 aliphatic heterocycles. The van der Waals surface area contributed by atoms with Gasteiger partial charge in [-0.15, -0.1) is 0 Å². The molecule has 1 saturated heterocycles. The summed E-state index contributed by atoms with van der Waals surface area (Å²) < 4.78 is 5.33. The standard InChI is InChI=1S/C17H20N6O/c18-16-9-14(10-19-13-16)1-2-15-11-21-17(22-12-15)20-3-4-23-5-7-24-8-6-23/h9-13H,3-8,18H2,(H,20,21,22). The number of nitrogen functional groups attached to an aromatic ring is 1. The number of anilines is 2. The van der Waals surface area contributed by atoms with Crippen molar-refractivity contribution in [1.82, 2.24) is 19.9 Å². The second kappa shape index (κ2) is 8.24. The van der Waals surface area contributed by atoms with Crippen LogP contribution in [-0.2, 0) is 4.74 Å². The maximum atomic E-state index is 5.67. The minimum atomic E-state index is 0.595. The number of hydrogen-bond donors (Lipinski definition) is 2. The van der Waals surface area contributed by atoms with Gasteiger partial charge >= 0.3 is 0 Å². The highest BCUT2D eigenvalue weighted by molar-refractivity contribution is 5.47. The van der Waals surface area contributed by atoms with Crippen molar-refractivity contribution in [3.8, 4) is 11.8 Å². The molecule has 7 nitrogen and oxygen atoms in total. The van der Waals surface area contributed by atoms with Gasteiger partial charge < -0.3 is 15.8 Å². The number of pyridine rings is 1. The third-order valence-corrected chi connectivity index (χ3v) is 3.58. The molecular formula is C17H20N6O. The van der Waals surface area contributed by atoms with Gasteiger partial charge in [0.25, 0.3) is 0 Å². The molecule has 124 valence electrons. The molecule has 0 aliphatic carbocycles. The Balaban J connectivity index is 1.50. The third-order valence-electron chi connectivity index (χ3n) is 3.58. The van der Waals surface area contributed by atoms with E-state index in [-0.39, 0.29) is 0 Å². The van der Waals surface area contributed by atoms with Crippen LogP contribution in [0.2, 0.25) is 0 Å². The zero-order valence-electron chi connectivity index (χ0n) is 13.4. The first-order chi connectivity index (χ1) is 11.8. The van der Waals surface area contributed by atoms with Gasteiger partial charge in [-0.2, -0.15) is 0 Å². The van der Waals surface area contributed by atoms with Gasteiger partial charge in [-0.3, -0.25) is 9.88 Å². The number of hydrogen-bond acceptors (Lipinski definition) is 7. The molecule has 0 atom stereocenters. The highest BCUT2D eigenvalue weighted by atomic mass is 16.5. The predicted molar refractivity (Wildman–Crippen MR) is 92.4 cm³/mol. The quantitative estimate of drug-likeness (QED) is 0.796. The molecule has 0 radical (unpaired) electrons. The number of aromatic nitrogens is 3. The number of nitrogens with zero attached hydrogens (tertiary/aromatic N) is 4. The van der Waals surface area contributed by atoms with E-state index in [9.17, 15) is 0 Å². The normalized spacial score (nSPS) is 14.7. The lowest BCUT2D eigenvalue weighted by Gasteiger charge is -2.26. The molecule has 3 N–H and O–H groups in total. The first kappa shape index (κ1) is 16.2. The molecule has 3 rings (SSSR count). The van der Waals surface area contributed by atoms with E-state index < -0.39 is 0 Å². The Morgan fingerprint density at radius 1 is 1.08 bits per heavy atom. The minimum Gasteiger partial charge on any atom is -0.397 e. The number of ether oxygens (including phenoxy) is 1. The maximum Gasteiger partial charge on any atom is 0.222 e. The number of nitrogens with one attached hydrogen (secondary N) is 1. The molecule has 0 amide bonds. The summed E-state index contributed by atoms with van der Waals surface area (Å²) >= 11 is 0. The van der Waals surface area contributed by atoms with Crippen molar-refractivity contribution in [2.24, 2.45) is 0 Å². The zero-order chi connectivity index (χ0) is 16.6. The molecule has 1 fully saturated rings. The number of nitrogens with two attached hydrogens (primary N) is 1. The first-order valence-corrected chi connectivity index (χ1v) is 7.88. The van der Waals surface area contributed by atoms with Crippen molar-refractivity contribution in [2.75, 3.05) is 50.4 Å². The molecular weight excluding hydrogens is 304 g/mol. The van der Waals surface area contributed by atoms with Crippen LogP contribution in [0.15, 0.2) is 30.9 Å². The zero-order valence-corrected chi connectivity index (χ0v) is 13.4. The molecule has 0 bridgehead atoms. The van der Waals surface area contributed by atoms with Crippen LogP contribution in [0.25, 0.3) is 0 Å². The van der Waals surface area contributed by atoms with Gasteiger partial charge in [0, 0.05) is 56.5 Å². The molecule has 1 aliphatic rings.